The first-order valence-electron chi connectivity index (χ1n) is 12.8. The van der Waals surface area contributed by atoms with Gasteiger partial charge in [-0.05, 0) is 64.2 Å². The van der Waals surface area contributed by atoms with Crippen molar-refractivity contribution in [2.75, 3.05) is 13.7 Å². The first-order chi connectivity index (χ1) is 16.8. The molecule has 0 radical (unpaired) electrons. The number of carbonyl (C=O) groups is 1. The molecule has 2 N–H and O–H groups in total. The molecule has 0 aliphatic carbocycles. The molecule has 0 aliphatic rings. The van der Waals surface area contributed by atoms with Crippen molar-refractivity contribution in [2.45, 2.75) is 80.1 Å². The summed E-state index contributed by atoms with van der Waals surface area (Å²) in [7, 11) is 1.00. The number of hydrogen-bond donors (Lipinski definition) is 2. The minimum Gasteiger partial charge on any atom is -0.400 e. The van der Waals surface area contributed by atoms with Gasteiger partial charge in [-0.15, -0.1) is 0 Å². The van der Waals surface area contributed by atoms with Crippen molar-refractivity contribution >= 4 is 17.9 Å². The number of benzene rings is 1. The number of nitrogens with zero attached hydrogens (tertiary/aromatic N) is 1. The number of aromatic nitrogens is 1. The summed E-state index contributed by atoms with van der Waals surface area (Å²) >= 11 is 0. The smallest absolute Gasteiger partial charge is 0.160 e. The number of aliphatic hydroxyl groups excluding tert-OH is 2. The molecule has 2 rings (SSSR count). The van der Waals surface area contributed by atoms with Crippen LogP contribution in [-0.4, -0.2) is 34.7 Å². The number of pyridine rings is 1. The van der Waals surface area contributed by atoms with Crippen LogP contribution in [0.4, 0.5) is 0 Å². The van der Waals surface area contributed by atoms with E-state index in [4.69, 9.17) is 15.2 Å². The van der Waals surface area contributed by atoms with Crippen molar-refractivity contribution in [3.8, 4) is 11.3 Å². The second-order valence-electron chi connectivity index (χ2n) is 8.74. The predicted octanol–water partition coefficient (Wildman–Crippen LogP) is 7.83. The molecule has 0 saturated heterocycles. The molecule has 0 spiro atoms. The van der Waals surface area contributed by atoms with Crippen LogP contribution >= 0.6 is 0 Å². The van der Waals surface area contributed by atoms with Gasteiger partial charge in [0.2, 0.25) is 0 Å². The van der Waals surface area contributed by atoms with E-state index in [2.05, 4.69) is 52.5 Å². The molecule has 4 heteroatoms. The lowest BCUT2D eigenvalue weighted by Crippen LogP contribution is -2.03. The SMILES string of the molecule is C=Cc1c(C(C)=O)cc(-c2ccc(C)cc2C)nc1/C=C\C.CCCC(CCC)CCCO.CO. The van der Waals surface area contributed by atoms with Crippen LogP contribution in [0, 0.1) is 19.8 Å². The van der Waals surface area contributed by atoms with Crippen molar-refractivity contribution in [3.05, 3.63) is 64.9 Å². The first-order valence-corrected chi connectivity index (χ1v) is 12.8. The molecular formula is C31H47NO3. The molecule has 1 aromatic heterocycles. The summed E-state index contributed by atoms with van der Waals surface area (Å²) in [6, 6.07) is 8.11. The molecule has 2 aromatic rings. The molecule has 1 heterocycles. The number of allylic oxidation sites excluding steroid dienone is 1. The summed E-state index contributed by atoms with van der Waals surface area (Å²) in [6.07, 6.45) is 13.0. The van der Waals surface area contributed by atoms with Crippen molar-refractivity contribution in [1.82, 2.24) is 4.98 Å². The summed E-state index contributed by atoms with van der Waals surface area (Å²) in [5.41, 5.74) is 6.47. The molecule has 4 nitrogen and oxygen atoms in total. The van der Waals surface area contributed by atoms with Gasteiger partial charge in [0.25, 0.3) is 0 Å². The minimum absolute atomic E-state index is 0.0223. The molecular weight excluding hydrogens is 434 g/mol. The van der Waals surface area contributed by atoms with Gasteiger partial charge in [-0.2, -0.15) is 0 Å². The second-order valence-corrected chi connectivity index (χ2v) is 8.74. The van der Waals surface area contributed by atoms with E-state index < -0.39 is 0 Å². The monoisotopic (exact) mass is 481 g/mol. The normalized spacial score (nSPS) is 10.5. The van der Waals surface area contributed by atoms with Gasteiger partial charge < -0.3 is 10.2 Å². The molecule has 0 aliphatic heterocycles. The van der Waals surface area contributed by atoms with E-state index in [0.717, 1.165) is 47.5 Å². The Morgan fingerprint density at radius 1 is 1.09 bits per heavy atom. The molecule has 0 unspecified atom stereocenters. The average molecular weight is 482 g/mol. The maximum atomic E-state index is 12.0. The highest BCUT2D eigenvalue weighted by Crippen LogP contribution is 2.27. The Labute approximate surface area is 213 Å². The largest absolute Gasteiger partial charge is 0.400 e. The zero-order valence-corrected chi connectivity index (χ0v) is 23.0. The number of carbonyl (C=O) groups excluding carboxylic acids is 1. The fraction of sp³-hybridized carbons (Fsp3) is 0.484. The maximum Gasteiger partial charge on any atom is 0.160 e. The van der Waals surface area contributed by atoms with Crippen LogP contribution in [0.3, 0.4) is 0 Å². The minimum atomic E-state index is 0.0223. The van der Waals surface area contributed by atoms with E-state index >= 15 is 0 Å². The van der Waals surface area contributed by atoms with Crippen molar-refractivity contribution in [2.24, 2.45) is 5.92 Å². The summed E-state index contributed by atoms with van der Waals surface area (Å²) in [4.78, 5) is 16.7. The maximum absolute atomic E-state index is 12.0. The Morgan fingerprint density at radius 2 is 1.71 bits per heavy atom. The Balaban J connectivity index is 0.000000754. The average Bonchev–Trinajstić information content (AvgIpc) is 2.84. The third-order valence-electron chi connectivity index (χ3n) is 5.82. The molecule has 0 saturated carbocycles. The van der Waals surface area contributed by atoms with Crippen LogP contribution in [0.15, 0.2) is 36.9 Å². The number of aryl methyl sites for hydroxylation is 2. The molecule has 1 aromatic carbocycles. The zero-order chi connectivity index (χ0) is 26.8. The lowest BCUT2D eigenvalue weighted by Gasteiger charge is -2.13. The lowest BCUT2D eigenvalue weighted by atomic mass is 9.94. The molecule has 194 valence electrons. The third-order valence-corrected chi connectivity index (χ3v) is 5.82. The van der Waals surface area contributed by atoms with Crippen molar-refractivity contribution in [3.63, 3.8) is 0 Å². The van der Waals surface area contributed by atoms with E-state index in [9.17, 15) is 4.79 Å². The van der Waals surface area contributed by atoms with Gasteiger partial charge in [0.1, 0.15) is 0 Å². The van der Waals surface area contributed by atoms with E-state index in [0.29, 0.717) is 12.2 Å². The van der Waals surface area contributed by atoms with Crippen LogP contribution in [0.5, 0.6) is 0 Å². The molecule has 35 heavy (non-hydrogen) atoms. The molecule has 0 amide bonds. The second kappa shape index (κ2) is 18.7. The number of aliphatic hydroxyl groups is 2. The van der Waals surface area contributed by atoms with E-state index in [1.807, 2.05) is 25.1 Å². The van der Waals surface area contributed by atoms with Crippen LogP contribution < -0.4 is 0 Å². The third kappa shape index (κ3) is 11.1. The Bertz CT molecular complexity index is 925. The standard InChI is InChI=1S/C20H21NO.C10H22O.CH4O/c1-6-8-19-16(7-2)18(15(5)22)12-20(21-19)17-10-9-13(3)11-14(17)4;1-3-6-10(7-4-2)8-5-9-11;1-2/h6-12H,2H2,1,3-5H3;10-11H,3-9H2,1-2H3;2H,1H3/b8-6-;;. The van der Waals surface area contributed by atoms with Gasteiger partial charge in [0, 0.05) is 30.4 Å². The summed E-state index contributed by atoms with van der Waals surface area (Å²) in [5.74, 6) is 0.895. The lowest BCUT2D eigenvalue weighted by molar-refractivity contribution is 0.101. The van der Waals surface area contributed by atoms with E-state index in [1.165, 1.54) is 37.7 Å². The fourth-order valence-electron chi connectivity index (χ4n) is 4.23. The van der Waals surface area contributed by atoms with E-state index in [1.54, 1.807) is 13.0 Å². The van der Waals surface area contributed by atoms with Crippen LogP contribution in [0.1, 0.15) is 99.0 Å². The first kappa shape index (κ1) is 32.4. The van der Waals surface area contributed by atoms with Gasteiger partial charge in [-0.3, -0.25) is 4.79 Å². The highest BCUT2D eigenvalue weighted by Gasteiger charge is 2.14. The van der Waals surface area contributed by atoms with Gasteiger partial charge in [0.05, 0.1) is 11.4 Å². The number of Topliss-reactive ketones (excluding diaryl/α,β-unsaturated/α-hetero) is 1. The van der Waals surface area contributed by atoms with Crippen molar-refractivity contribution < 1.29 is 15.0 Å². The van der Waals surface area contributed by atoms with Crippen LogP contribution in [0.2, 0.25) is 0 Å². The van der Waals surface area contributed by atoms with E-state index in [-0.39, 0.29) is 5.78 Å². The van der Waals surface area contributed by atoms with Gasteiger partial charge >= 0.3 is 0 Å². The van der Waals surface area contributed by atoms with Crippen LogP contribution in [-0.2, 0) is 0 Å². The van der Waals surface area contributed by atoms with Crippen LogP contribution in [0.25, 0.3) is 23.4 Å². The molecule has 0 atom stereocenters. The van der Waals surface area contributed by atoms with Gasteiger partial charge in [-0.25, -0.2) is 4.98 Å². The summed E-state index contributed by atoms with van der Waals surface area (Å²) < 4.78 is 0. The Hall–Kier alpha value is -2.56. The van der Waals surface area contributed by atoms with Crippen molar-refractivity contribution in [1.29, 1.82) is 0 Å². The number of rotatable bonds is 11. The quantitative estimate of drug-likeness (QED) is 0.321. The number of hydrogen-bond acceptors (Lipinski definition) is 4. The fourth-order valence-corrected chi connectivity index (χ4v) is 4.23. The Morgan fingerprint density at radius 3 is 2.17 bits per heavy atom. The Kier molecular flexibility index (Phi) is 17.4. The summed E-state index contributed by atoms with van der Waals surface area (Å²) in [6.45, 7) is 16.3. The zero-order valence-electron chi connectivity index (χ0n) is 23.0. The molecule has 0 fully saturated rings. The van der Waals surface area contributed by atoms with Gasteiger partial charge in [-0.1, -0.05) is 82.0 Å². The highest BCUT2D eigenvalue weighted by atomic mass is 16.3. The number of ketones is 1. The predicted molar refractivity (Wildman–Crippen MR) is 152 cm³/mol. The molecule has 0 bridgehead atoms. The highest BCUT2D eigenvalue weighted by molar-refractivity contribution is 5.99. The van der Waals surface area contributed by atoms with Gasteiger partial charge in [0.15, 0.2) is 5.78 Å². The topological polar surface area (TPSA) is 70.4 Å². The summed E-state index contributed by atoms with van der Waals surface area (Å²) in [5, 5.41) is 15.7.